The van der Waals surface area contributed by atoms with Gasteiger partial charge in [-0.05, 0) is 25.9 Å². The first-order valence-corrected chi connectivity index (χ1v) is 4.50. The molecule has 1 aliphatic heterocycles. The maximum absolute atomic E-state index is 11.0. The van der Waals surface area contributed by atoms with Crippen molar-refractivity contribution in [2.24, 2.45) is 0 Å². The van der Waals surface area contributed by atoms with E-state index in [2.05, 4.69) is 4.90 Å². The fourth-order valence-corrected chi connectivity index (χ4v) is 1.52. The Morgan fingerprint density at radius 3 is 2.50 bits per heavy atom. The molecule has 3 nitrogen and oxygen atoms in total. The summed E-state index contributed by atoms with van der Waals surface area (Å²) in [6.07, 6.45) is 4.42. The molecule has 68 valence electrons. The molecule has 0 N–H and O–H groups in total. The Labute approximate surface area is 72.7 Å². The number of piperidine rings is 1. The summed E-state index contributed by atoms with van der Waals surface area (Å²) < 4.78 is 0. The van der Waals surface area contributed by atoms with Crippen LogP contribution in [-0.4, -0.2) is 36.6 Å². The van der Waals surface area contributed by atoms with E-state index in [4.69, 9.17) is 0 Å². The van der Waals surface area contributed by atoms with Crippen LogP contribution in [0.1, 0.15) is 25.7 Å². The number of carbonyl (C=O) groups is 2. The van der Waals surface area contributed by atoms with Crippen LogP contribution in [0.5, 0.6) is 0 Å². The van der Waals surface area contributed by atoms with Crippen molar-refractivity contribution in [2.45, 2.75) is 25.7 Å². The van der Waals surface area contributed by atoms with Crippen LogP contribution in [0.3, 0.4) is 0 Å². The Hall–Kier alpha value is -0.700. The second kappa shape index (κ2) is 5.04. The van der Waals surface area contributed by atoms with Crippen LogP contribution in [0.2, 0.25) is 0 Å². The zero-order chi connectivity index (χ0) is 8.81. The first kappa shape index (κ1) is 9.39. The van der Waals surface area contributed by atoms with E-state index in [9.17, 15) is 9.59 Å². The number of nitrogens with zero attached hydrogens (tertiary/aromatic N) is 1. The molecular weight excluding hydrogens is 154 g/mol. The first-order valence-electron chi connectivity index (χ1n) is 4.50. The molecule has 1 saturated heterocycles. The molecule has 1 heterocycles. The molecule has 3 heteroatoms. The highest BCUT2D eigenvalue weighted by Crippen LogP contribution is 2.07. The van der Waals surface area contributed by atoms with Crippen LogP contribution in [0.15, 0.2) is 0 Å². The van der Waals surface area contributed by atoms with Gasteiger partial charge in [-0.2, -0.15) is 0 Å². The average Bonchev–Trinajstić information content (AvgIpc) is 2.06. The Morgan fingerprint density at radius 1 is 1.25 bits per heavy atom. The zero-order valence-electron chi connectivity index (χ0n) is 7.29. The molecule has 1 aliphatic rings. The Balaban J connectivity index is 2.19. The molecule has 12 heavy (non-hydrogen) atoms. The third-order valence-corrected chi connectivity index (χ3v) is 2.16. The molecule has 0 aliphatic carbocycles. The summed E-state index contributed by atoms with van der Waals surface area (Å²) in [5, 5.41) is 0. The minimum absolute atomic E-state index is 0.0481. The molecule has 0 saturated carbocycles. The predicted octanol–water partition coefficient (Wildman–Crippen LogP) is 0.630. The molecule has 0 spiro atoms. The van der Waals surface area contributed by atoms with Crippen LogP contribution in [0, 0.1) is 0 Å². The Bertz CT molecular complexity index is 162. The van der Waals surface area contributed by atoms with Crippen molar-refractivity contribution in [3.05, 3.63) is 0 Å². The normalized spacial score (nSPS) is 19.0. The third-order valence-electron chi connectivity index (χ3n) is 2.16. The van der Waals surface area contributed by atoms with Crippen molar-refractivity contribution in [3.8, 4) is 0 Å². The number of hydrogen-bond donors (Lipinski definition) is 0. The maximum atomic E-state index is 11.0. The molecule has 1 rings (SSSR count). The molecule has 0 aromatic heterocycles. The molecule has 0 atom stereocenters. The highest BCUT2D eigenvalue weighted by atomic mass is 16.1. The predicted molar refractivity (Wildman–Crippen MR) is 46.0 cm³/mol. The van der Waals surface area contributed by atoms with Crippen LogP contribution >= 0.6 is 0 Å². The lowest BCUT2D eigenvalue weighted by Gasteiger charge is -2.25. The lowest BCUT2D eigenvalue weighted by atomic mass is 10.1. The van der Waals surface area contributed by atoms with Crippen molar-refractivity contribution in [1.29, 1.82) is 0 Å². The summed E-state index contributed by atoms with van der Waals surface area (Å²) in [4.78, 5) is 23.2. The number of aldehydes is 1. The van der Waals surface area contributed by atoms with Gasteiger partial charge in [0.15, 0.2) is 5.78 Å². The number of likely N-dealkylation sites (tertiary alicyclic amines) is 1. The quantitative estimate of drug-likeness (QED) is 0.457. The monoisotopic (exact) mass is 169 g/mol. The summed E-state index contributed by atoms with van der Waals surface area (Å²) in [5.74, 6) is 0.0481. The molecular formula is C9H15NO2. The van der Waals surface area contributed by atoms with E-state index >= 15 is 0 Å². The molecule has 0 aromatic rings. The van der Waals surface area contributed by atoms with Crippen molar-refractivity contribution < 1.29 is 9.59 Å². The summed E-state index contributed by atoms with van der Waals surface area (Å²) in [5.41, 5.74) is 0. The second-order valence-electron chi connectivity index (χ2n) is 3.25. The summed E-state index contributed by atoms with van der Waals surface area (Å²) in [6, 6.07) is 0. The topological polar surface area (TPSA) is 37.4 Å². The lowest BCUT2D eigenvalue weighted by molar-refractivity contribution is -0.123. The van der Waals surface area contributed by atoms with Gasteiger partial charge in [0.1, 0.15) is 6.29 Å². The zero-order valence-corrected chi connectivity index (χ0v) is 7.29. The summed E-state index contributed by atoms with van der Waals surface area (Å²) in [7, 11) is 0. The van der Waals surface area contributed by atoms with E-state index in [1.54, 1.807) is 0 Å². The highest BCUT2D eigenvalue weighted by molar-refractivity contribution is 5.91. The minimum Gasteiger partial charge on any atom is -0.303 e. The molecule has 1 fully saturated rings. The van der Waals surface area contributed by atoms with Gasteiger partial charge in [0.05, 0.1) is 13.0 Å². The lowest BCUT2D eigenvalue weighted by Crippen LogP contribution is -2.34. The first-order chi connectivity index (χ1) is 5.83. The largest absolute Gasteiger partial charge is 0.303 e. The molecule has 0 unspecified atom stereocenters. The fraction of sp³-hybridized carbons (Fsp3) is 0.778. The molecule has 0 radical (unpaired) electrons. The second-order valence-corrected chi connectivity index (χ2v) is 3.25. The van der Waals surface area contributed by atoms with E-state index in [1.807, 2.05) is 0 Å². The van der Waals surface area contributed by atoms with Crippen LogP contribution < -0.4 is 0 Å². The molecule has 0 amide bonds. The van der Waals surface area contributed by atoms with Gasteiger partial charge in [0, 0.05) is 0 Å². The van der Waals surface area contributed by atoms with Gasteiger partial charge in [0.25, 0.3) is 0 Å². The minimum atomic E-state index is 0.0481. The number of hydrogen-bond acceptors (Lipinski definition) is 3. The van der Waals surface area contributed by atoms with Gasteiger partial charge < -0.3 is 4.79 Å². The Morgan fingerprint density at radius 2 is 1.92 bits per heavy atom. The van der Waals surface area contributed by atoms with Gasteiger partial charge >= 0.3 is 0 Å². The number of ketones is 1. The Kier molecular flexibility index (Phi) is 3.94. The van der Waals surface area contributed by atoms with E-state index in [-0.39, 0.29) is 12.2 Å². The van der Waals surface area contributed by atoms with Gasteiger partial charge in [-0.3, -0.25) is 9.69 Å². The van der Waals surface area contributed by atoms with E-state index in [0.29, 0.717) is 12.8 Å². The maximum Gasteiger partial charge on any atom is 0.153 e. The number of rotatable bonds is 4. The van der Waals surface area contributed by atoms with Crippen molar-refractivity contribution >= 4 is 12.1 Å². The average molecular weight is 169 g/mol. The van der Waals surface area contributed by atoms with Crippen molar-refractivity contribution in [3.63, 3.8) is 0 Å². The SMILES string of the molecule is O=CCC(=O)CN1CCCCC1. The summed E-state index contributed by atoms with van der Waals surface area (Å²) >= 11 is 0. The molecule has 0 bridgehead atoms. The number of carbonyl (C=O) groups excluding carboxylic acids is 2. The van der Waals surface area contributed by atoms with Gasteiger partial charge in [0.2, 0.25) is 0 Å². The van der Waals surface area contributed by atoms with Crippen molar-refractivity contribution in [2.75, 3.05) is 19.6 Å². The van der Waals surface area contributed by atoms with Gasteiger partial charge in [-0.25, -0.2) is 0 Å². The number of Topliss-reactive ketones (excluding diaryl/α,β-unsaturated/α-hetero) is 1. The van der Waals surface area contributed by atoms with Crippen LogP contribution in [0.25, 0.3) is 0 Å². The standard InChI is InChI=1S/C9H15NO2/c11-7-4-9(12)8-10-5-2-1-3-6-10/h7H,1-6,8H2. The van der Waals surface area contributed by atoms with Crippen LogP contribution in [-0.2, 0) is 9.59 Å². The third kappa shape index (κ3) is 3.13. The van der Waals surface area contributed by atoms with E-state index < -0.39 is 0 Å². The van der Waals surface area contributed by atoms with E-state index in [1.165, 1.54) is 19.3 Å². The van der Waals surface area contributed by atoms with Crippen molar-refractivity contribution in [1.82, 2.24) is 4.90 Å². The molecule has 0 aromatic carbocycles. The van der Waals surface area contributed by atoms with Crippen LogP contribution in [0.4, 0.5) is 0 Å². The van der Waals surface area contributed by atoms with Gasteiger partial charge in [-0.1, -0.05) is 6.42 Å². The highest BCUT2D eigenvalue weighted by Gasteiger charge is 2.12. The summed E-state index contributed by atoms with van der Waals surface area (Å²) in [6.45, 7) is 2.51. The van der Waals surface area contributed by atoms with Gasteiger partial charge in [-0.15, -0.1) is 0 Å². The smallest absolute Gasteiger partial charge is 0.153 e. The fourth-order valence-electron chi connectivity index (χ4n) is 1.52. The van der Waals surface area contributed by atoms with E-state index in [0.717, 1.165) is 13.1 Å².